The van der Waals surface area contributed by atoms with Crippen LogP contribution in [0.25, 0.3) is 10.9 Å². The first-order valence-electron chi connectivity index (χ1n) is 4.42. The van der Waals surface area contributed by atoms with Gasteiger partial charge in [-0.1, -0.05) is 29.8 Å². The molecule has 0 fully saturated rings. The van der Waals surface area contributed by atoms with Gasteiger partial charge in [-0.15, -0.1) is 0 Å². The van der Waals surface area contributed by atoms with E-state index >= 15 is 0 Å². The maximum absolute atomic E-state index is 11.0. The molecule has 0 saturated carbocycles. The summed E-state index contributed by atoms with van der Waals surface area (Å²) in [6.45, 7) is 0. The van der Waals surface area contributed by atoms with Crippen LogP contribution in [0.2, 0.25) is 5.15 Å². The Morgan fingerprint density at radius 1 is 1.25 bits per heavy atom. The van der Waals surface area contributed by atoms with Crippen molar-refractivity contribution in [1.82, 2.24) is 4.98 Å². The van der Waals surface area contributed by atoms with E-state index in [1.54, 1.807) is 12.1 Å². The normalized spacial score (nSPS) is 11.9. The van der Waals surface area contributed by atoms with E-state index in [1.165, 1.54) is 0 Å². The number of pyridine rings is 1. The van der Waals surface area contributed by atoms with Crippen LogP contribution >= 0.6 is 22.3 Å². The largest absolute Gasteiger partial charge is 0.236 e. The minimum Gasteiger partial charge on any atom is -0.236 e. The highest BCUT2D eigenvalue weighted by Crippen LogP contribution is 2.23. The molecule has 0 spiro atoms. The van der Waals surface area contributed by atoms with Gasteiger partial charge in [0.15, 0.2) is 0 Å². The summed E-state index contributed by atoms with van der Waals surface area (Å²) in [5.41, 5.74) is 1.14. The first-order valence-corrected chi connectivity index (χ1v) is 7.28. The highest BCUT2D eigenvalue weighted by Gasteiger charge is 2.12. The van der Waals surface area contributed by atoms with Crippen LogP contribution in [0.3, 0.4) is 0 Å². The molecule has 0 aliphatic carbocycles. The zero-order chi connectivity index (χ0) is 11.8. The third kappa shape index (κ3) is 2.64. The quantitative estimate of drug-likeness (QED) is 0.625. The van der Waals surface area contributed by atoms with Crippen molar-refractivity contribution >= 4 is 42.2 Å². The van der Waals surface area contributed by atoms with E-state index in [1.807, 2.05) is 18.2 Å². The van der Waals surface area contributed by atoms with Crippen molar-refractivity contribution in [2.75, 3.05) is 0 Å². The van der Waals surface area contributed by atoms with Crippen molar-refractivity contribution in [3.63, 3.8) is 0 Å². The number of aromatic nitrogens is 1. The summed E-state index contributed by atoms with van der Waals surface area (Å²) in [6, 6.07) is 9.01. The Kier molecular flexibility index (Phi) is 3.06. The molecule has 0 aliphatic heterocycles. The lowest BCUT2D eigenvalue weighted by Crippen LogP contribution is -1.97. The number of halogens is 2. The summed E-state index contributed by atoms with van der Waals surface area (Å²) in [5, 5.41) is 1.00. The van der Waals surface area contributed by atoms with Crippen molar-refractivity contribution in [1.29, 1.82) is 0 Å². The summed E-state index contributed by atoms with van der Waals surface area (Å²) in [6.07, 6.45) is 0. The van der Waals surface area contributed by atoms with Crippen molar-refractivity contribution < 1.29 is 8.42 Å². The van der Waals surface area contributed by atoms with Crippen LogP contribution in [0.5, 0.6) is 0 Å². The zero-order valence-electron chi connectivity index (χ0n) is 8.02. The van der Waals surface area contributed by atoms with Crippen molar-refractivity contribution in [3.05, 3.63) is 41.0 Å². The molecule has 0 N–H and O–H groups in total. The molecule has 6 heteroatoms. The highest BCUT2D eigenvalue weighted by molar-refractivity contribution is 8.13. The van der Waals surface area contributed by atoms with Crippen molar-refractivity contribution in [3.8, 4) is 0 Å². The Labute approximate surface area is 102 Å². The molecule has 1 heterocycles. The average Bonchev–Trinajstić information content (AvgIpc) is 2.17. The van der Waals surface area contributed by atoms with E-state index in [0.29, 0.717) is 5.56 Å². The molecule has 0 aliphatic rings. The second kappa shape index (κ2) is 4.20. The van der Waals surface area contributed by atoms with Gasteiger partial charge in [-0.05, 0) is 12.1 Å². The third-order valence-corrected chi connectivity index (χ3v) is 3.39. The Hall–Kier alpha value is -0.840. The topological polar surface area (TPSA) is 47.0 Å². The molecule has 2 aromatic rings. The van der Waals surface area contributed by atoms with Gasteiger partial charge in [0.25, 0.3) is 0 Å². The molecule has 84 valence electrons. The van der Waals surface area contributed by atoms with Gasteiger partial charge in [-0.2, -0.15) is 0 Å². The summed E-state index contributed by atoms with van der Waals surface area (Å²) in [7, 11) is 1.56. The highest BCUT2D eigenvalue weighted by atomic mass is 35.7. The molecule has 0 amide bonds. The molecule has 0 radical (unpaired) electrons. The summed E-state index contributed by atoms with van der Waals surface area (Å²) in [5.74, 6) is -0.314. The van der Waals surface area contributed by atoms with Crippen LogP contribution in [-0.2, 0) is 14.8 Å². The smallest absolute Gasteiger partial charge is 0.236 e. The molecule has 0 saturated heterocycles. The van der Waals surface area contributed by atoms with Crippen LogP contribution in [0.4, 0.5) is 0 Å². The molecular weight excluding hydrogens is 269 g/mol. The number of hydrogen-bond donors (Lipinski definition) is 0. The first-order chi connectivity index (χ1) is 7.46. The summed E-state index contributed by atoms with van der Waals surface area (Å²) < 4.78 is 21.9. The fraction of sp³-hybridized carbons (Fsp3) is 0.100. The standard InChI is InChI=1S/C10H7Cl2NO2S/c11-10-8(6-16(12,14)15)5-7-3-1-2-4-9(7)13-10/h1-5H,6H2. The van der Waals surface area contributed by atoms with Gasteiger partial charge >= 0.3 is 0 Å². The van der Waals surface area contributed by atoms with Gasteiger partial charge in [0.2, 0.25) is 9.05 Å². The Morgan fingerprint density at radius 2 is 1.94 bits per heavy atom. The van der Waals surface area contributed by atoms with Crippen LogP contribution in [0.1, 0.15) is 5.56 Å². The Balaban J connectivity index is 2.58. The fourth-order valence-electron chi connectivity index (χ4n) is 1.42. The van der Waals surface area contributed by atoms with E-state index in [-0.39, 0.29) is 10.9 Å². The van der Waals surface area contributed by atoms with E-state index in [0.717, 1.165) is 10.9 Å². The minimum absolute atomic E-state index is 0.169. The van der Waals surface area contributed by atoms with Crippen molar-refractivity contribution in [2.45, 2.75) is 5.75 Å². The van der Waals surface area contributed by atoms with E-state index in [9.17, 15) is 8.42 Å². The van der Waals surface area contributed by atoms with E-state index in [4.69, 9.17) is 22.3 Å². The Morgan fingerprint density at radius 3 is 2.62 bits per heavy atom. The second-order valence-electron chi connectivity index (χ2n) is 3.31. The third-order valence-electron chi connectivity index (χ3n) is 2.08. The van der Waals surface area contributed by atoms with Gasteiger partial charge in [-0.3, -0.25) is 0 Å². The molecule has 3 nitrogen and oxygen atoms in total. The number of rotatable bonds is 2. The van der Waals surface area contributed by atoms with Gasteiger partial charge in [-0.25, -0.2) is 13.4 Å². The van der Waals surface area contributed by atoms with Crippen molar-refractivity contribution in [2.24, 2.45) is 0 Å². The predicted octanol–water partition coefficient (Wildman–Crippen LogP) is 2.96. The predicted molar refractivity (Wildman–Crippen MR) is 65.2 cm³/mol. The molecule has 0 bridgehead atoms. The van der Waals surface area contributed by atoms with E-state index < -0.39 is 9.05 Å². The lowest BCUT2D eigenvalue weighted by molar-refractivity contribution is 0.609. The minimum atomic E-state index is -3.62. The molecule has 2 rings (SSSR count). The zero-order valence-corrected chi connectivity index (χ0v) is 10.4. The number of para-hydroxylation sites is 1. The summed E-state index contributed by atoms with van der Waals surface area (Å²) in [4.78, 5) is 4.10. The maximum atomic E-state index is 11.0. The monoisotopic (exact) mass is 275 g/mol. The van der Waals surface area contributed by atoms with Gasteiger partial charge in [0.1, 0.15) is 5.15 Å². The molecule has 0 unspecified atom stereocenters. The van der Waals surface area contributed by atoms with Gasteiger partial charge < -0.3 is 0 Å². The van der Waals surface area contributed by atoms with Crippen LogP contribution in [-0.4, -0.2) is 13.4 Å². The number of benzene rings is 1. The maximum Gasteiger partial charge on any atom is 0.236 e. The number of fused-ring (bicyclic) bond motifs is 1. The number of hydrogen-bond acceptors (Lipinski definition) is 3. The van der Waals surface area contributed by atoms with Gasteiger partial charge in [0, 0.05) is 21.6 Å². The van der Waals surface area contributed by atoms with Gasteiger partial charge in [0.05, 0.1) is 11.3 Å². The summed E-state index contributed by atoms with van der Waals surface area (Å²) >= 11 is 5.88. The molecule has 1 aromatic carbocycles. The average molecular weight is 276 g/mol. The fourth-order valence-corrected chi connectivity index (χ4v) is 2.66. The SMILES string of the molecule is O=S(=O)(Cl)Cc1cc2ccccc2nc1Cl. The number of nitrogens with zero attached hydrogens (tertiary/aromatic N) is 1. The molecule has 0 atom stereocenters. The lowest BCUT2D eigenvalue weighted by atomic mass is 10.2. The molecule has 1 aromatic heterocycles. The lowest BCUT2D eigenvalue weighted by Gasteiger charge is -2.03. The Bertz CT molecular complexity index is 640. The first kappa shape index (κ1) is 11.6. The molecular formula is C10H7Cl2NO2S. The van der Waals surface area contributed by atoms with Crippen LogP contribution in [0.15, 0.2) is 30.3 Å². The van der Waals surface area contributed by atoms with Crippen LogP contribution in [0, 0.1) is 0 Å². The molecule has 16 heavy (non-hydrogen) atoms. The van der Waals surface area contributed by atoms with E-state index in [2.05, 4.69) is 4.98 Å². The van der Waals surface area contributed by atoms with Crippen LogP contribution < -0.4 is 0 Å². The second-order valence-corrected chi connectivity index (χ2v) is 6.45.